The molecule has 0 aliphatic heterocycles. The standard InChI is InChI=1S/C17H20FN3O.HI/c1-12-4-3-5-13(8-12)10-20-17(19-2)21-11-14-6-7-16(22)15(18)9-14;/h3-9,22H,10-11H2,1-2H3,(H2,19,20,21);1H. The molecule has 0 atom stereocenters. The lowest BCUT2D eigenvalue weighted by Crippen LogP contribution is -2.36. The Morgan fingerprint density at radius 2 is 1.74 bits per heavy atom. The van der Waals surface area contributed by atoms with E-state index in [9.17, 15) is 4.39 Å². The van der Waals surface area contributed by atoms with Crippen molar-refractivity contribution in [2.75, 3.05) is 7.05 Å². The van der Waals surface area contributed by atoms with Crippen molar-refractivity contribution in [3.8, 4) is 5.75 Å². The second kappa shape index (κ2) is 9.34. The monoisotopic (exact) mass is 429 g/mol. The van der Waals surface area contributed by atoms with Crippen LogP contribution in [0.3, 0.4) is 0 Å². The van der Waals surface area contributed by atoms with Gasteiger partial charge in [0, 0.05) is 20.1 Å². The Kier molecular flexibility index (Phi) is 7.80. The summed E-state index contributed by atoms with van der Waals surface area (Å²) in [5.74, 6) is -0.331. The van der Waals surface area contributed by atoms with Gasteiger partial charge >= 0.3 is 0 Å². The van der Waals surface area contributed by atoms with Crippen molar-refractivity contribution >= 4 is 29.9 Å². The number of guanidine groups is 1. The summed E-state index contributed by atoms with van der Waals surface area (Å²) in [6, 6.07) is 12.5. The highest BCUT2D eigenvalue weighted by atomic mass is 127. The summed E-state index contributed by atoms with van der Waals surface area (Å²) in [5.41, 5.74) is 3.11. The molecule has 2 aromatic carbocycles. The average molecular weight is 429 g/mol. The van der Waals surface area contributed by atoms with E-state index < -0.39 is 5.82 Å². The molecule has 0 aliphatic rings. The summed E-state index contributed by atoms with van der Waals surface area (Å²) >= 11 is 0. The van der Waals surface area contributed by atoms with E-state index in [1.54, 1.807) is 13.1 Å². The van der Waals surface area contributed by atoms with Crippen LogP contribution in [0.25, 0.3) is 0 Å². The predicted molar refractivity (Wildman–Crippen MR) is 102 cm³/mol. The highest BCUT2D eigenvalue weighted by Crippen LogP contribution is 2.15. The van der Waals surface area contributed by atoms with Gasteiger partial charge in [-0.2, -0.15) is 0 Å². The van der Waals surface area contributed by atoms with E-state index in [0.29, 0.717) is 19.0 Å². The predicted octanol–water partition coefficient (Wildman–Crippen LogP) is 3.32. The molecule has 23 heavy (non-hydrogen) atoms. The third-order valence-corrected chi connectivity index (χ3v) is 3.24. The molecule has 0 spiro atoms. The van der Waals surface area contributed by atoms with Crippen LogP contribution in [0.2, 0.25) is 0 Å². The largest absolute Gasteiger partial charge is 0.505 e. The Morgan fingerprint density at radius 1 is 1.09 bits per heavy atom. The van der Waals surface area contributed by atoms with Gasteiger partial charge in [0.25, 0.3) is 0 Å². The summed E-state index contributed by atoms with van der Waals surface area (Å²) in [6.07, 6.45) is 0. The van der Waals surface area contributed by atoms with Crippen LogP contribution in [0.4, 0.5) is 4.39 Å². The molecule has 4 nitrogen and oxygen atoms in total. The molecular weight excluding hydrogens is 408 g/mol. The van der Waals surface area contributed by atoms with Gasteiger partial charge in [-0.1, -0.05) is 35.9 Å². The van der Waals surface area contributed by atoms with Gasteiger partial charge in [-0.05, 0) is 30.2 Å². The minimum atomic E-state index is -0.623. The van der Waals surface area contributed by atoms with E-state index in [4.69, 9.17) is 5.11 Å². The van der Waals surface area contributed by atoms with Crippen LogP contribution in [-0.4, -0.2) is 18.1 Å². The molecule has 0 saturated carbocycles. The minimum absolute atomic E-state index is 0. The van der Waals surface area contributed by atoms with Crippen LogP contribution in [-0.2, 0) is 13.1 Å². The second-order valence-corrected chi connectivity index (χ2v) is 5.05. The molecule has 6 heteroatoms. The Labute approximate surface area is 152 Å². The number of halogens is 2. The van der Waals surface area contributed by atoms with Crippen molar-refractivity contribution in [1.82, 2.24) is 10.6 Å². The fraction of sp³-hybridized carbons (Fsp3) is 0.235. The molecule has 0 bridgehead atoms. The molecule has 0 aliphatic carbocycles. The third kappa shape index (κ3) is 6.05. The number of phenols is 1. The lowest BCUT2D eigenvalue weighted by Gasteiger charge is -2.12. The van der Waals surface area contributed by atoms with Crippen LogP contribution in [0.15, 0.2) is 47.5 Å². The third-order valence-electron chi connectivity index (χ3n) is 3.24. The van der Waals surface area contributed by atoms with Gasteiger partial charge in [0.2, 0.25) is 0 Å². The average Bonchev–Trinajstić information content (AvgIpc) is 2.51. The molecule has 0 amide bonds. The van der Waals surface area contributed by atoms with E-state index in [-0.39, 0.29) is 29.7 Å². The first-order valence-electron chi connectivity index (χ1n) is 7.06. The highest BCUT2D eigenvalue weighted by molar-refractivity contribution is 14.0. The van der Waals surface area contributed by atoms with Crippen LogP contribution in [0.5, 0.6) is 5.75 Å². The number of hydrogen-bond donors (Lipinski definition) is 3. The minimum Gasteiger partial charge on any atom is -0.505 e. The Bertz CT molecular complexity index is 677. The molecular formula is C17H21FIN3O. The molecule has 3 N–H and O–H groups in total. The maximum atomic E-state index is 13.3. The smallest absolute Gasteiger partial charge is 0.191 e. The van der Waals surface area contributed by atoms with E-state index in [2.05, 4.69) is 34.7 Å². The van der Waals surface area contributed by atoms with Crippen LogP contribution < -0.4 is 10.6 Å². The molecule has 0 aromatic heterocycles. The zero-order valence-corrected chi connectivity index (χ0v) is 15.5. The summed E-state index contributed by atoms with van der Waals surface area (Å²) in [4.78, 5) is 4.13. The maximum absolute atomic E-state index is 13.3. The first-order valence-corrected chi connectivity index (χ1v) is 7.06. The fourth-order valence-corrected chi connectivity index (χ4v) is 2.07. The van der Waals surface area contributed by atoms with E-state index in [1.807, 2.05) is 12.1 Å². The SMILES string of the molecule is CN=C(NCc1cccc(C)c1)NCc1ccc(O)c(F)c1.I. The number of phenolic OH excluding ortho intramolecular Hbond substituents is 1. The lowest BCUT2D eigenvalue weighted by atomic mass is 10.1. The van der Waals surface area contributed by atoms with Crippen LogP contribution >= 0.6 is 24.0 Å². The maximum Gasteiger partial charge on any atom is 0.191 e. The van der Waals surface area contributed by atoms with Gasteiger partial charge in [0.15, 0.2) is 17.5 Å². The van der Waals surface area contributed by atoms with Crippen molar-refractivity contribution < 1.29 is 9.50 Å². The quantitative estimate of drug-likeness (QED) is 0.397. The van der Waals surface area contributed by atoms with Gasteiger partial charge < -0.3 is 15.7 Å². The number of aryl methyl sites for hydroxylation is 1. The summed E-state index contributed by atoms with van der Waals surface area (Å²) in [5, 5.41) is 15.5. The molecule has 0 saturated heterocycles. The molecule has 0 heterocycles. The Hall–Kier alpha value is -1.83. The number of nitrogens with one attached hydrogen (secondary N) is 2. The van der Waals surface area contributed by atoms with Crippen molar-refractivity contribution in [2.45, 2.75) is 20.0 Å². The van der Waals surface area contributed by atoms with Crippen molar-refractivity contribution in [3.05, 3.63) is 65.0 Å². The van der Waals surface area contributed by atoms with Gasteiger partial charge in [0.1, 0.15) is 0 Å². The lowest BCUT2D eigenvalue weighted by molar-refractivity contribution is 0.431. The first-order chi connectivity index (χ1) is 10.6. The van der Waals surface area contributed by atoms with E-state index >= 15 is 0 Å². The number of aliphatic imine (C=N–C) groups is 1. The number of nitrogens with zero attached hydrogens (tertiary/aromatic N) is 1. The van der Waals surface area contributed by atoms with Crippen LogP contribution in [0.1, 0.15) is 16.7 Å². The van der Waals surface area contributed by atoms with Crippen molar-refractivity contribution in [3.63, 3.8) is 0 Å². The molecule has 0 unspecified atom stereocenters. The molecule has 0 fully saturated rings. The Balaban J connectivity index is 0.00000264. The van der Waals surface area contributed by atoms with Gasteiger partial charge in [-0.25, -0.2) is 4.39 Å². The Morgan fingerprint density at radius 3 is 2.30 bits per heavy atom. The number of aromatic hydroxyl groups is 1. The van der Waals surface area contributed by atoms with E-state index in [0.717, 1.165) is 5.56 Å². The summed E-state index contributed by atoms with van der Waals surface area (Å²) < 4.78 is 13.3. The normalized spacial score (nSPS) is 10.8. The zero-order valence-electron chi connectivity index (χ0n) is 13.1. The van der Waals surface area contributed by atoms with Gasteiger partial charge in [-0.15, -0.1) is 24.0 Å². The summed E-state index contributed by atoms with van der Waals surface area (Å²) in [7, 11) is 1.68. The zero-order chi connectivity index (χ0) is 15.9. The van der Waals surface area contributed by atoms with Crippen molar-refractivity contribution in [2.24, 2.45) is 4.99 Å². The van der Waals surface area contributed by atoms with Crippen molar-refractivity contribution in [1.29, 1.82) is 0 Å². The fourth-order valence-electron chi connectivity index (χ4n) is 2.07. The molecule has 124 valence electrons. The van der Waals surface area contributed by atoms with Crippen LogP contribution in [0, 0.1) is 12.7 Å². The van der Waals surface area contributed by atoms with Gasteiger partial charge in [-0.3, -0.25) is 4.99 Å². The second-order valence-electron chi connectivity index (χ2n) is 5.05. The molecule has 0 radical (unpaired) electrons. The topological polar surface area (TPSA) is 56.7 Å². The van der Waals surface area contributed by atoms with Gasteiger partial charge in [0.05, 0.1) is 0 Å². The number of rotatable bonds is 4. The number of hydrogen-bond acceptors (Lipinski definition) is 2. The molecule has 2 aromatic rings. The first kappa shape index (κ1) is 19.2. The molecule has 2 rings (SSSR count). The van der Waals surface area contributed by atoms with E-state index in [1.165, 1.54) is 23.3 Å². The number of benzene rings is 2. The summed E-state index contributed by atoms with van der Waals surface area (Å²) in [6.45, 7) is 3.13. The highest BCUT2D eigenvalue weighted by Gasteiger charge is 2.03.